The molecule has 1 saturated carbocycles. The van der Waals surface area contributed by atoms with Gasteiger partial charge in [0.2, 0.25) is 5.76 Å². The van der Waals surface area contributed by atoms with Crippen LogP contribution in [0.15, 0.2) is 33.7 Å². The van der Waals surface area contributed by atoms with Crippen LogP contribution in [0, 0.1) is 0 Å². The van der Waals surface area contributed by atoms with Gasteiger partial charge in [-0.15, -0.1) is 0 Å². The summed E-state index contributed by atoms with van der Waals surface area (Å²) < 4.78 is 12.4. The maximum Gasteiger partial charge on any atom is 0.292 e. The fourth-order valence-electron chi connectivity index (χ4n) is 3.98. The molecule has 32 heavy (non-hydrogen) atoms. The van der Waals surface area contributed by atoms with Crippen molar-refractivity contribution in [1.82, 2.24) is 25.3 Å². The van der Waals surface area contributed by atoms with Crippen molar-refractivity contribution in [3.63, 3.8) is 0 Å². The van der Waals surface area contributed by atoms with Crippen molar-refractivity contribution in [1.29, 1.82) is 0 Å². The van der Waals surface area contributed by atoms with Crippen LogP contribution in [0.25, 0.3) is 11.0 Å². The Morgan fingerprint density at radius 2 is 2.12 bits per heavy atom. The Labute approximate surface area is 183 Å². The van der Waals surface area contributed by atoms with Gasteiger partial charge in [-0.25, -0.2) is 4.98 Å². The molecule has 11 heteroatoms. The lowest BCUT2D eigenvalue weighted by atomic mass is 9.89. The lowest BCUT2D eigenvalue weighted by Crippen LogP contribution is -2.51. The largest absolute Gasteiger partial charge is 0.386 e. The molecule has 168 valence electrons. The second-order valence-electron chi connectivity index (χ2n) is 8.02. The molecule has 0 spiro atoms. The van der Waals surface area contributed by atoms with E-state index in [2.05, 4.69) is 31.4 Å². The fraction of sp³-hybridized carbons (Fsp3) is 0.429. The molecule has 0 unspecified atom stereocenters. The van der Waals surface area contributed by atoms with Crippen LogP contribution in [0.2, 0.25) is 0 Å². The Morgan fingerprint density at radius 3 is 2.78 bits per heavy atom. The predicted octanol–water partition coefficient (Wildman–Crippen LogP) is 1.22. The zero-order chi connectivity index (χ0) is 22.2. The van der Waals surface area contributed by atoms with E-state index >= 15 is 0 Å². The minimum Gasteiger partial charge on any atom is -0.386 e. The Hall–Kier alpha value is -3.44. The van der Waals surface area contributed by atoms with E-state index in [-0.39, 0.29) is 29.5 Å². The molecule has 3 aromatic rings. The molecule has 2 atom stereocenters. The van der Waals surface area contributed by atoms with Gasteiger partial charge in [-0.1, -0.05) is 5.16 Å². The van der Waals surface area contributed by atoms with Gasteiger partial charge in [0, 0.05) is 39.5 Å². The van der Waals surface area contributed by atoms with Crippen molar-refractivity contribution in [2.75, 3.05) is 37.9 Å². The fourth-order valence-corrected chi connectivity index (χ4v) is 3.98. The monoisotopic (exact) mass is 439 g/mol. The third-order valence-corrected chi connectivity index (χ3v) is 6.13. The summed E-state index contributed by atoms with van der Waals surface area (Å²) >= 11 is 0. The molecule has 5 rings (SSSR count). The number of carbonyl (C=O) groups is 1. The number of hydrogen-bond donors (Lipinski definition) is 4. The zero-order valence-electron chi connectivity index (χ0n) is 17.8. The first-order valence-corrected chi connectivity index (χ1v) is 10.6. The standard InChI is InChI=1S/C21H25N7O4/c1-22-14-8-16(24-13-4-3-7-28(21(13)30)11-9-23-10-11)26-18-17(14)27-32-19(18)20(29)25-12-5-6-15(12)31-2/h3-4,7-8,11-12,15,22-23H,5-6,9-10H2,1-2H3,(H,24,26)(H,25,29)/t12-,15-/m1/s1. The molecule has 1 saturated heterocycles. The van der Waals surface area contributed by atoms with E-state index in [1.807, 2.05) is 6.07 Å². The molecule has 1 amide bonds. The summed E-state index contributed by atoms with van der Waals surface area (Å²) in [6, 6.07) is 5.33. The summed E-state index contributed by atoms with van der Waals surface area (Å²) in [7, 11) is 3.37. The highest BCUT2D eigenvalue weighted by Crippen LogP contribution is 2.29. The van der Waals surface area contributed by atoms with Gasteiger partial charge < -0.3 is 35.1 Å². The van der Waals surface area contributed by atoms with Gasteiger partial charge in [-0.3, -0.25) is 9.59 Å². The van der Waals surface area contributed by atoms with E-state index in [1.54, 1.807) is 37.1 Å². The molecule has 0 radical (unpaired) electrons. The third kappa shape index (κ3) is 3.49. The molecule has 0 bridgehead atoms. The van der Waals surface area contributed by atoms with E-state index in [4.69, 9.17) is 9.26 Å². The van der Waals surface area contributed by atoms with E-state index < -0.39 is 5.91 Å². The van der Waals surface area contributed by atoms with Crippen molar-refractivity contribution in [3.05, 3.63) is 40.5 Å². The molecule has 4 heterocycles. The van der Waals surface area contributed by atoms with Crippen molar-refractivity contribution in [2.24, 2.45) is 0 Å². The lowest BCUT2D eigenvalue weighted by molar-refractivity contribution is 0.00678. The number of amides is 1. The summed E-state index contributed by atoms with van der Waals surface area (Å²) in [5.74, 6) is 0.0255. The molecule has 2 aliphatic rings. The van der Waals surface area contributed by atoms with Crippen molar-refractivity contribution < 1.29 is 14.1 Å². The first-order valence-electron chi connectivity index (χ1n) is 10.6. The smallest absolute Gasteiger partial charge is 0.292 e. The summed E-state index contributed by atoms with van der Waals surface area (Å²) in [4.78, 5) is 30.3. The van der Waals surface area contributed by atoms with Gasteiger partial charge in [0.1, 0.15) is 17.0 Å². The number of anilines is 3. The normalized spacial score (nSPS) is 20.4. The van der Waals surface area contributed by atoms with Gasteiger partial charge in [-0.2, -0.15) is 0 Å². The summed E-state index contributed by atoms with van der Waals surface area (Å²) in [5.41, 5.74) is 1.63. The Bertz CT molecular complexity index is 1210. The minimum atomic E-state index is -0.398. The third-order valence-electron chi connectivity index (χ3n) is 6.13. The highest BCUT2D eigenvalue weighted by atomic mass is 16.5. The Morgan fingerprint density at radius 1 is 1.28 bits per heavy atom. The predicted molar refractivity (Wildman–Crippen MR) is 119 cm³/mol. The highest BCUT2D eigenvalue weighted by molar-refractivity contribution is 6.05. The first kappa shape index (κ1) is 20.5. The number of methoxy groups -OCH3 is 1. The van der Waals surface area contributed by atoms with E-state index in [0.717, 1.165) is 25.9 Å². The van der Waals surface area contributed by atoms with Gasteiger partial charge >= 0.3 is 0 Å². The molecule has 3 aromatic heterocycles. The number of pyridine rings is 2. The van der Waals surface area contributed by atoms with Gasteiger partial charge in [0.15, 0.2) is 5.52 Å². The van der Waals surface area contributed by atoms with Gasteiger partial charge in [0.25, 0.3) is 11.5 Å². The van der Waals surface area contributed by atoms with Crippen LogP contribution in [-0.2, 0) is 4.74 Å². The summed E-state index contributed by atoms with van der Waals surface area (Å²) in [6.45, 7) is 1.53. The highest BCUT2D eigenvalue weighted by Gasteiger charge is 2.34. The molecule has 11 nitrogen and oxygen atoms in total. The number of aromatic nitrogens is 3. The lowest BCUT2D eigenvalue weighted by Gasteiger charge is -2.35. The summed E-state index contributed by atoms with van der Waals surface area (Å²) in [5, 5.41) is 16.3. The van der Waals surface area contributed by atoms with E-state index in [9.17, 15) is 9.59 Å². The number of nitrogens with zero attached hydrogens (tertiary/aromatic N) is 3. The van der Waals surface area contributed by atoms with E-state index in [1.165, 1.54) is 0 Å². The van der Waals surface area contributed by atoms with Crippen LogP contribution in [-0.4, -0.2) is 60.0 Å². The number of nitrogens with one attached hydrogen (secondary N) is 4. The second kappa shape index (κ2) is 8.24. The SMILES string of the molecule is CNc1cc(Nc2cccn(C3CNC3)c2=O)nc2c(C(=O)N[C@@H]3CC[C@H]3OC)onc12. The van der Waals surface area contributed by atoms with Gasteiger partial charge in [0.05, 0.1) is 23.9 Å². The molecular weight excluding hydrogens is 414 g/mol. The van der Waals surface area contributed by atoms with Crippen LogP contribution in [0.4, 0.5) is 17.2 Å². The number of rotatable bonds is 7. The topological polar surface area (TPSA) is 135 Å². The maximum absolute atomic E-state index is 12.9. The zero-order valence-corrected chi connectivity index (χ0v) is 17.8. The average molecular weight is 439 g/mol. The van der Waals surface area contributed by atoms with Crippen molar-refractivity contribution in [2.45, 2.75) is 31.0 Å². The molecule has 4 N–H and O–H groups in total. The van der Waals surface area contributed by atoms with Crippen LogP contribution in [0.3, 0.4) is 0 Å². The van der Waals surface area contributed by atoms with Crippen molar-refractivity contribution >= 4 is 34.1 Å². The first-order chi connectivity index (χ1) is 15.6. The van der Waals surface area contributed by atoms with E-state index in [0.29, 0.717) is 28.2 Å². The molecule has 2 fully saturated rings. The molecule has 0 aromatic carbocycles. The number of carbonyl (C=O) groups excluding carboxylic acids is 1. The van der Waals surface area contributed by atoms with Crippen LogP contribution < -0.4 is 26.8 Å². The quantitative estimate of drug-likeness (QED) is 0.428. The van der Waals surface area contributed by atoms with Crippen molar-refractivity contribution in [3.8, 4) is 0 Å². The molecule has 1 aliphatic carbocycles. The number of hydrogen-bond acceptors (Lipinski definition) is 9. The Kier molecular flexibility index (Phi) is 5.27. The number of ether oxygens (including phenoxy) is 1. The molecule has 1 aliphatic heterocycles. The van der Waals surface area contributed by atoms with Crippen LogP contribution >= 0.6 is 0 Å². The second-order valence-corrected chi connectivity index (χ2v) is 8.02. The van der Waals surface area contributed by atoms with Gasteiger partial charge in [-0.05, 0) is 25.0 Å². The Balaban J connectivity index is 1.46. The maximum atomic E-state index is 12.9. The summed E-state index contributed by atoms with van der Waals surface area (Å²) in [6.07, 6.45) is 3.53. The minimum absolute atomic E-state index is 0.00249. The van der Waals surface area contributed by atoms with Crippen LogP contribution in [0.1, 0.15) is 29.4 Å². The molecular formula is C21H25N7O4. The average Bonchev–Trinajstić information content (AvgIpc) is 3.16. The number of fused-ring (bicyclic) bond motifs is 1. The van der Waals surface area contributed by atoms with Crippen LogP contribution in [0.5, 0.6) is 0 Å².